The van der Waals surface area contributed by atoms with Gasteiger partial charge in [-0.05, 0) is 49.2 Å². The Morgan fingerprint density at radius 2 is 1.91 bits per heavy atom. The summed E-state index contributed by atoms with van der Waals surface area (Å²) < 4.78 is 5.12. The van der Waals surface area contributed by atoms with Crippen molar-refractivity contribution in [1.82, 2.24) is 4.90 Å². The van der Waals surface area contributed by atoms with Gasteiger partial charge in [0.1, 0.15) is 5.75 Å². The number of benzene rings is 2. The van der Waals surface area contributed by atoms with Crippen molar-refractivity contribution in [2.45, 2.75) is 18.9 Å². The summed E-state index contributed by atoms with van der Waals surface area (Å²) in [5.74, 6) is 0.810. The number of hydrogen-bond donors (Lipinski definition) is 1. The van der Waals surface area contributed by atoms with E-state index in [1.54, 1.807) is 7.11 Å². The van der Waals surface area contributed by atoms with Crippen molar-refractivity contribution in [3.63, 3.8) is 0 Å². The third-order valence-corrected chi connectivity index (χ3v) is 4.27. The van der Waals surface area contributed by atoms with Gasteiger partial charge in [0.05, 0.1) is 13.7 Å². The zero-order valence-electron chi connectivity index (χ0n) is 13.4. The number of nitrogens with zero attached hydrogens (tertiary/aromatic N) is 1. The summed E-state index contributed by atoms with van der Waals surface area (Å²) in [4.78, 5) is 14.6. The van der Waals surface area contributed by atoms with Gasteiger partial charge in [-0.1, -0.05) is 30.3 Å². The van der Waals surface area contributed by atoms with Gasteiger partial charge in [0.15, 0.2) is 0 Å². The maximum atomic E-state index is 12.3. The van der Waals surface area contributed by atoms with Crippen molar-refractivity contribution in [3.8, 4) is 5.75 Å². The molecule has 4 nitrogen and oxygen atoms in total. The summed E-state index contributed by atoms with van der Waals surface area (Å²) in [7, 11) is 1.63. The predicted molar refractivity (Wildman–Crippen MR) is 91.6 cm³/mol. The molecule has 120 valence electrons. The summed E-state index contributed by atoms with van der Waals surface area (Å²) in [6.07, 6.45) is 2.25. The topological polar surface area (TPSA) is 41.6 Å². The lowest BCUT2D eigenvalue weighted by Crippen LogP contribution is -2.32. The van der Waals surface area contributed by atoms with Crippen LogP contribution in [0.2, 0.25) is 0 Å². The van der Waals surface area contributed by atoms with Crippen LogP contribution in [-0.2, 0) is 4.79 Å². The largest absolute Gasteiger partial charge is 0.497 e. The molecule has 4 heteroatoms. The molecular weight excluding hydrogens is 288 g/mol. The number of carbonyl (C=O) groups excluding carboxylic acids is 1. The van der Waals surface area contributed by atoms with Gasteiger partial charge < -0.3 is 10.1 Å². The van der Waals surface area contributed by atoms with Crippen LogP contribution in [0.1, 0.15) is 24.4 Å². The number of ether oxygens (including phenoxy) is 1. The van der Waals surface area contributed by atoms with E-state index in [9.17, 15) is 4.79 Å². The summed E-state index contributed by atoms with van der Waals surface area (Å²) >= 11 is 0. The molecule has 0 spiro atoms. The van der Waals surface area contributed by atoms with Crippen LogP contribution < -0.4 is 10.1 Å². The van der Waals surface area contributed by atoms with Crippen LogP contribution in [0.3, 0.4) is 0 Å². The minimum Gasteiger partial charge on any atom is -0.497 e. The van der Waals surface area contributed by atoms with Crippen LogP contribution in [0.4, 0.5) is 5.69 Å². The quantitative estimate of drug-likeness (QED) is 0.919. The standard InChI is InChI=1S/C19H22N2O2/c1-23-17-11-9-16(10-12-17)20-19(22)14-21-13-5-8-18(21)15-6-3-2-4-7-15/h2-4,6-7,9-12,18H,5,8,13-14H2,1H3,(H,20,22)/t18-/m1/s1. The zero-order chi connectivity index (χ0) is 16.1. The van der Waals surface area contributed by atoms with E-state index in [1.807, 2.05) is 30.3 Å². The maximum Gasteiger partial charge on any atom is 0.238 e. The van der Waals surface area contributed by atoms with E-state index in [4.69, 9.17) is 4.74 Å². The molecule has 1 fully saturated rings. The third-order valence-electron chi connectivity index (χ3n) is 4.27. The molecule has 1 heterocycles. The summed E-state index contributed by atoms with van der Waals surface area (Å²) in [6.45, 7) is 1.39. The van der Waals surface area contributed by atoms with Crippen LogP contribution >= 0.6 is 0 Å². The molecule has 0 unspecified atom stereocenters. The molecule has 3 rings (SSSR count). The molecule has 2 aromatic rings. The Balaban J connectivity index is 1.60. The van der Waals surface area contributed by atoms with Gasteiger partial charge in [-0.2, -0.15) is 0 Å². The van der Waals surface area contributed by atoms with E-state index in [0.717, 1.165) is 30.8 Å². The molecule has 0 radical (unpaired) electrons. The number of likely N-dealkylation sites (tertiary alicyclic amines) is 1. The molecule has 1 saturated heterocycles. The van der Waals surface area contributed by atoms with Crippen molar-refractivity contribution in [2.75, 3.05) is 25.5 Å². The van der Waals surface area contributed by atoms with E-state index in [1.165, 1.54) is 5.56 Å². The van der Waals surface area contributed by atoms with Crippen LogP contribution in [0.5, 0.6) is 5.75 Å². The first-order valence-corrected chi connectivity index (χ1v) is 7.99. The monoisotopic (exact) mass is 310 g/mol. The molecule has 0 bridgehead atoms. The lowest BCUT2D eigenvalue weighted by Gasteiger charge is -2.24. The minimum atomic E-state index is 0.0259. The maximum absolute atomic E-state index is 12.3. The Kier molecular flexibility index (Phi) is 4.93. The van der Waals surface area contributed by atoms with Crippen molar-refractivity contribution in [1.29, 1.82) is 0 Å². The van der Waals surface area contributed by atoms with Crippen LogP contribution in [0, 0.1) is 0 Å². The molecule has 2 aromatic carbocycles. The lowest BCUT2D eigenvalue weighted by atomic mass is 10.0. The lowest BCUT2D eigenvalue weighted by molar-refractivity contribution is -0.117. The van der Waals surface area contributed by atoms with Gasteiger partial charge >= 0.3 is 0 Å². The average molecular weight is 310 g/mol. The number of anilines is 1. The molecular formula is C19H22N2O2. The highest BCUT2D eigenvalue weighted by Gasteiger charge is 2.27. The molecule has 23 heavy (non-hydrogen) atoms. The summed E-state index contributed by atoms with van der Waals surface area (Å²) in [5, 5.41) is 2.96. The molecule has 1 atom stereocenters. The van der Waals surface area contributed by atoms with E-state index >= 15 is 0 Å². The van der Waals surface area contributed by atoms with Crippen LogP contribution in [0.25, 0.3) is 0 Å². The smallest absolute Gasteiger partial charge is 0.238 e. The van der Waals surface area contributed by atoms with Gasteiger partial charge in [-0.25, -0.2) is 0 Å². The fourth-order valence-electron chi connectivity index (χ4n) is 3.13. The fraction of sp³-hybridized carbons (Fsp3) is 0.316. The molecule has 1 N–H and O–H groups in total. The fourth-order valence-corrected chi connectivity index (χ4v) is 3.13. The predicted octanol–water partition coefficient (Wildman–Crippen LogP) is 3.47. The normalized spacial score (nSPS) is 17.9. The van der Waals surface area contributed by atoms with Gasteiger partial charge in [-0.3, -0.25) is 9.69 Å². The van der Waals surface area contributed by atoms with Crippen molar-refractivity contribution >= 4 is 11.6 Å². The molecule has 0 aromatic heterocycles. The van der Waals surface area contributed by atoms with Gasteiger partial charge in [0.2, 0.25) is 5.91 Å². The number of amides is 1. The molecule has 1 aliphatic rings. The Morgan fingerprint density at radius 1 is 1.17 bits per heavy atom. The third kappa shape index (κ3) is 3.90. The van der Waals surface area contributed by atoms with Crippen LogP contribution in [0.15, 0.2) is 54.6 Å². The summed E-state index contributed by atoms with van der Waals surface area (Å²) in [6, 6.07) is 18.2. The van der Waals surface area contributed by atoms with Gasteiger partial charge in [-0.15, -0.1) is 0 Å². The Bertz CT molecular complexity index is 640. The van der Waals surface area contributed by atoms with E-state index < -0.39 is 0 Å². The highest BCUT2D eigenvalue weighted by molar-refractivity contribution is 5.92. The second-order valence-corrected chi connectivity index (χ2v) is 5.82. The molecule has 1 amide bonds. The molecule has 1 aliphatic heterocycles. The van der Waals surface area contributed by atoms with Crippen molar-refractivity contribution in [2.24, 2.45) is 0 Å². The second kappa shape index (κ2) is 7.29. The van der Waals surface area contributed by atoms with Crippen molar-refractivity contribution in [3.05, 3.63) is 60.2 Å². The first kappa shape index (κ1) is 15.6. The number of methoxy groups -OCH3 is 1. The highest BCUT2D eigenvalue weighted by atomic mass is 16.5. The van der Waals surface area contributed by atoms with E-state index in [2.05, 4.69) is 34.5 Å². The zero-order valence-corrected chi connectivity index (χ0v) is 13.4. The van der Waals surface area contributed by atoms with Gasteiger partial charge in [0, 0.05) is 11.7 Å². The molecule has 0 saturated carbocycles. The van der Waals surface area contributed by atoms with E-state index in [0.29, 0.717) is 12.6 Å². The number of nitrogens with one attached hydrogen (secondary N) is 1. The first-order chi connectivity index (χ1) is 11.3. The Morgan fingerprint density at radius 3 is 2.61 bits per heavy atom. The van der Waals surface area contributed by atoms with E-state index in [-0.39, 0.29) is 5.91 Å². The SMILES string of the molecule is COc1ccc(NC(=O)CN2CCC[C@@H]2c2ccccc2)cc1. The first-order valence-electron chi connectivity index (χ1n) is 7.99. The number of carbonyl (C=O) groups is 1. The minimum absolute atomic E-state index is 0.0259. The molecule has 0 aliphatic carbocycles. The number of hydrogen-bond acceptors (Lipinski definition) is 3. The van der Waals surface area contributed by atoms with Gasteiger partial charge in [0.25, 0.3) is 0 Å². The van der Waals surface area contributed by atoms with Crippen molar-refractivity contribution < 1.29 is 9.53 Å². The average Bonchev–Trinajstić information content (AvgIpc) is 3.04. The van der Waals surface area contributed by atoms with Crippen LogP contribution in [-0.4, -0.2) is 31.0 Å². The second-order valence-electron chi connectivity index (χ2n) is 5.82. The Hall–Kier alpha value is -2.33. The summed E-state index contributed by atoms with van der Waals surface area (Å²) in [5.41, 5.74) is 2.09. The number of rotatable bonds is 5. The Labute approximate surface area is 137 Å². The highest BCUT2D eigenvalue weighted by Crippen LogP contribution is 2.31.